The summed E-state index contributed by atoms with van der Waals surface area (Å²) in [6.07, 6.45) is 2.08. The van der Waals surface area contributed by atoms with E-state index < -0.39 is 0 Å². The molecular formula is C15H19Cl2N3O2. The van der Waals surface area contributed by atoms with Gasteiger partial charge in [0.25, 0.3) is 0 Å². The van der Waals surface area contributed by atoms with Crippen LogP contribution in [0.25, 0.3) is 0 Å². The zero-order valence-corrected chi connectivity index (χ0v) is 14.0. The summed E-state index contributed by atoms with van der Waals surface area (Å²) in [5.74, 6) is -0.265. The summed E-state index contributed by atoms with van der Waals surface area (Å²) in [6.45, 7) is 1.89. The molecule has 0 aliphatic heterocycles. The molecule has 1 aliphatic carbocycles. The third-order valence-electron chi connectivity index (χ3n) is 3.56. The van der Waals surface area contributed by atoms with Gasteiger partial charge in [-0.05, 0) is 45.0 Å². The number of anilines is 1. The van der Waals surface area contributed by atoms with Crippen LogP contribution in [0.1, 0.15) is 19.8 Å². The molecule has 1 atom stereocenters. The van der Waals surface area contributed by atoms with E-state index in [4.69, 9.17) is 23.2 Å². The Morgan fingerprint density at radius 2 is 2.00 bits per heavy atom. The van der Waals surface area contributed by atoms with Gasteiger partial charge in [0.15, 0.2) is 0 Å². The molecule has 2 rings (SSSR count). The number of hydrogen-bond acceptors (Lipinski definition) is 3. The van der Waals surface area contributed by atoms with Crippen LogP contribution in [0, 0.1) is 0 Å². The van der Waals surface area contributed by atoms with Crippen LogP contribution in [0.15, 0.2) is 18.2 Å². The molecule has 0 heterocycles. The predicted octanol–water partition coefficient (Wildman–Crippen LogP) is 2.53. The van der Waals surface area contributed by atoms with Crippen molar-refractivity contribution < 1.29 is 9.59 Å². The van der Waals surface area contributed by atoms with Gasteiger partial charge < -0.3 is 10.6 Å². The molecule has 0 unspecified atom stereocenters. The Balaban J connectivity index is 1.84. The van der Waals surface area contributed by atoms with E-state index in [1.165, 1.54) is 0 Å². The van der Waals surface area contributed by atoms with Crippen molar-refractivity contribution in [2.75, 3.05) is 18.9 Å². The summed E-state index contributed by atoms with van der Waals surface area (Å²) in [7, 11) is 1.74. The van der Waals surface area contributed by atoms with Gasteiger partial charge in [0.05, 0.1) is 22.6 Å². The Kier molecular flexibility index (Phi) is 5.67. The predicted molar refractivity (Wildman–Crippen MR) is 88.3 cm³/mol. The average Bonchev–Trinajstić information content (AvgIpc) is 3.25. The van der Waals surface area contributed by atoms with Crippen LogP contribution in [-0.2, 0) is 9.59 Å². The van der Waals surface area contributed by atoms with Gasteiger partial charge in [0, 0.05) is 11.7 Å². The smallest absolute Gasteiger partial charge is 0.238 e. The number of hydrogen-bond donors (Lipinski definition) is 2. The number of benzene rings is 1. The third kappa shape index (κ3) is 4.87. The molecule has 7 heteroatoms. The van der Waals surface area contributed by atoms with Crippen LogP contribution >= 0.6 is 23.2 Å². The molecule has 1 saturated carbocycles. The van der Waals surface area contributed by atoms with Crippen LogP contribution in [-0.4, -0.2) is 42.4 Å². The maximum atomic E-state index is 12.0. The maximum Gasteiger partial charge on any atom is 0.238 e. The monoisotopic (exact) mass is 343 g/mol. The minimum absolute atomic E-state index is 0.0488. The van der Waals surface area contributed by atoms with Gasteiger partial charge in [-0.2, -0.15) is 0 Å². The number of halogens is 2. The summed E-state index contributed by atoms with van der Waals surface area (Å²) in [4.78, 5) is 25.7. The van der Waals surface area contributed by atoms with E-state index in [1.807, 2.05) is 0 Å². The number of nitrogens with zero attached hydrogens (tertiary/aromatic N) is 1. The van der Waals surface area contributed by atoms with E-state index in [0.29, 0.717) is 21.8 Å². The zero-order valence-electron chi connectivity index (χ0n) is 12.5. The lowest BCUT2D eigenvalue weighted by atomic mass is 10.2. The van der Waals surface area contributed by atoms with E-state index >= 15 is 0 Å². The quantitative estimate of drug-likeness (QED) is 0.834. The lowest BCUT2D eigenvalue weighted by Gasteiger charge is -2.23. The van der Waals surface area contributed by atoms with Crippen LogP contribution in [0.5, 0.6) is 0 Å². The molecule has 1 aromatic carbocycles. The summed E-state index contributed by atoms with van der Waals surface area (Å²) < 4.78 is 0. The Morgan fingerprint density at radius 3 is 2.59 bits per heavy atom. The lowest BCUT2D eigenvalue weighted by Crippen LogP contribution is -2.46. The second-order valence-corrected chi connectivity index (χ2v) is 6.37. The summed E-state index contributed by atoms with van der Waals surface area (Å²) in [6, 6.07) is 4.84. The summed E-state index contributed by atoms with van der Waals surface area (Å²) in [5, 5.41) is 6.47. The number of likely N-dealkylation sites (N-methyl/N-ethyl adjacent to an activating group) is 1. The highest BCUT2D eigenvalue weighted by Gasteiger charge is 2.27. The van der Waals surface area contributed by atoms with Crippen molar-refractivity contribution in [1.82, 2.24) is 10.2 Å². The second kappa shape index (κ2) is 7.31. The molecule has 1 aliphatic rings. The van der Waals surface area contributed by atoms with Gasteiger partial charge in [-0.15, -0.1) is 0 Å². The average molecular weight is 344 g/mol. The number of nitrogens with one attached hydrogen (secondary N) is 2. The molecule has 0 saturated heterocycles. The first-order chi connectivity index (χ1) is 10.4. The molecule has 0 spiro atoms. The molecule has 0 radical (unpaired) electrons. The number of rotatable bonds is 6. The van der Waals surface area contributed by atoms with Gasteiger partial charge in [0.1, 0.15) is 0 Å². The van der Waals surface area contributed by atoms with Crippen molar-refractivity contribution in [3.8, 4) is 0 Å². The van der Waals surface area contributed by atoms with Crippen molar-refractivity contribution in [1.29, 1.82) is 0 Å². The second-order valence-electron chi connectivity index (χ2n) is 5.55. The van der Waals surface area contributed by atoms with E-state index in [1.54, 1.807) is 37.1 Å². The number of amides is 2. The molecule has 120 valence electrons. The van der Waals surface area contributed by atoms with Gasteiger partial charge in [-0.25, -0.2) is 0 Å². The van der Waals surface area contributed by atoms with E-state index in [0.717, 1.165) is 12.8 Å². The summed E-state index contributed by atoms with van der Waals surface area (Å²) in [5.41, 5.74) is 0.572. The highest BCUT2D eigenvalue weighted by atomic mass is 35.5. The van der Waals surface area contributed by atoms with Crippen molar-refractivity contribution in [3.63, 3.8) is 0 Å². The largest absolute Gasteiger partial charge is 0.352 e. The number of carbonyl (C=O) groups is 2. The first-order valence-electron chi connectivity index (χ1n) is 7.12. The van der Waals surface area contributed by atoms with Crippen molar-refractivity contribution in [2.24, 2.45) is 0 Å². The van der Waals surface area contributed by atoms with Gasteiger partial charge in [0.2, 0.25) is 11.8 Å². The molecule has 1 fully saturated rings. The van der Waals surface area contributed by atoms with E-state index in [2.05, 4.69) is 10.6 Å². The Bertz CT molecular complexity index is 576. The molecule has 1 aromatic rings. The Morgan fingerprint density at radius 1 is 1.32 bits per heavy atom. The fraction of sp³-hybridized carbons (Fsp3) is 0.467. The van der Waals surface area contributed by atoms with Gasteiger partial charge in [-0.3, -0.25) is 14.5 Å². The van der Waals surface area contributed by atoms with Gasteiger partial charge in [-0.1, -0.05) is 23.2 Å². The highest BCUT2D eigenvalue weighted by Crippen LogP contribution is 2.25. The fourth-order valence-electron chi connectivity index (χ4n) is 1.89. The Labute approximate surface area is 139 Å². The normalized spacial score (nSPS) is 15.5. The lowest BCUT2D eigenvalue weighted by molar-refractivity contribution is -0.126. The van der Waals surface area contributed by atoms with E-state index in [-0.39, 0.29) is 24.4 Å². The molecule has 2 amide bonds. The molecule has 5 nitrogen and oxygen atoms in total. The molecule has 0 aromatic heterocycles. The Hall–Kier alpha value is -1.30. The highest BCUT2D eigenvalue weighted by molar-refractivity contribution is 6.42. The molecule has 2 N–H and O–H groups in total. The van der Waals surface area contributed by atoms with Crippen LogP contribution in [0.3, 0.4) is 0 Å². The van der Waals surface area contributed by atoms with Crippen molar-refractivity contribution in [2.45, 2.75) is 31.8 Å². The van der Waals surface area contributed by atoms with Crippen molar-refractivity contribution in [3.05, 3.63) is 28.2 Å². The zero-order chi connectivity index (χ0) is 16.3. The van der Waals surface area contributed by atoms with Crippen LogP contribution in [0.4, 0.5) is 5.69 Å². The molecular weight excluding hydrogens is 325 g/mol. The topological polar surface area (TPSA) is 61.4 Å². The first-order valence-corrected chi connectivity index (χ1v) is 7.88. The third-order valence-corrected chi connectivity index (χ3v) is 4.30. The fourth-order valence-corrected chi connectivity index (χ4v) is 2.19. The van der Waals surface area contributed by atoms with Crippen LogP contribution in [0.2, 0.25) is 10.0 Å². The van der Waals surface area contributed by atoms with Gasteiger partial charge >= 0.3 is 0 Å². The maximum absolute atomic E-state index is 12.0. The van der Waals surface area contributed by atoms with E-state index in [9.17, 15) is 9.59 Å². The minimum atomic E-state index is -0.361. The minimum Gasteiger partial charge on any atom is -0.352 e. The standard InChI is InChI=1S/C15H19Cl2N3O2/c1-9(15(22)19-10-3-4-10)20(2)8-14(21)18-11-5-6-12(16)13(17)7-11/h5-7,9-10H,3-4,8H2,1-2H3,(H,18,21)(H,19,22)/t9-/m1/s1. The molecule has 0 bridgehead atoms. The molecule has 22 heavy (non-hydrogen) atoms. The summed E-state index contributed by atoms with van der Waals surface area (Å²) >= 11 is 11.7. The van der Waals surface area contributed by atoms with Crippen LogP contribution < -0.4 is 10.6 Å². The number of carbonyl (C=O) groups excluding carboxylic acids is 2. The first kappa shape index (κ1) is 17.1. The van der Waals surface area contributed by atoms with Crippen molar-refractivity contribution >= 4 is 40.7 Å². The SMILES string of the molecule is C[C@H](C(=O)NC1CC1)N(C)CC(=O)Nc1ccc(Cl)c(Cl)c1.